The Balaban J connectivity index is 1.66. The number of amides is 2. The molecule has 0 radical (unpaired) electrons. The number of carbonyl (C=O) groups is 1. The molecule has 4 rings (SSSR count). The number of nitrogens with zero attached hydrogens (tertiary/aromatic N) is 2. The third-order valence-electron chi connectivity index (χ3n) is 5.81. The van der Waals surface area contributed by atoms with Gasteiger partial charge in [0.1, 0.15) is 11.4 Å². The van der Waals surface area contributed by atoms with Crippen molar-refractivity contribution in [2.45, 2.75) is 55.3 Å². The summed E-state index contributed by atoms with van der Waals surface area (Å²) in [5, 5.41) is 31.7. The molecule has 2 amide bonds. The molecule has 0 saturated carbocycles. The van der Waals surface area contributed by atoms with Gasteiger partial charge in [0.25, 0.3) is 0 Å². The number of benzene rings is 1. The molecular weight excluding hydrogens is 441 g/mol. The molecule has 164 valence electrons. The number of nitrogens with one attached hydrogen (secondary N) is 1. The maximum Gasteiger partial charge on any atom is 0.322 e. The Morgan fingerprint density at radius 2 is 1.87 bits per heavy atom. The van der Waals surface area contributed by atoms with E-state index < -0.39 is 34.7 Å². The smallest absolute Gasteiger partial charge is 0.322 e. The average Bonchev–Trinajstić information content (AvgIpc) is 3.47. The van der Waals surface area contributed by atoms with Crippen LogP contribution in [0.5, 0.6) is 0 Å². The molecule has 3 N–H and O–H groups in total. The molecule has 31 heavy (non-hydrogen) atoms. The van der Waals surface area contributed by atoms with E-state index >= 15 is 0 Å². The first-order valence-electron chi connectivity index (χ1n) is 9.94. The Morgan fingerprint density at radius 1 is 1.29 bits per heavy atom. The second kappa shape index (κ2) is 8.31. The summed E-state index contributed by atoms with van der Waals surface area (Å²) in [5.41, 5.74) is 3.52. The SMILES string of the molecule is C[C@@](O)(CO)c1cc(F)c([S-](=O)=NC(=O)Nc2c3c(c(C#N)c4c2CCC4)CCC3)s1. The van der Waals surface area contributed by atoms with Crippen molar-refractivity contribution in [2.75, 3.05) is 11.9 Å². The van der Waals surface area contributed by atoms with E-state index in [2.05, 4.69) is 15.7 Å². The summed E-state index contributed by atoms with van der Waals surface area (Å²) in [6.07, 6.45) is 4.85. The molecule has 7 nitrogen and oxygen atoms in total. The van der Waals surface area contributed by atoms with Crippen LogP contribution in [0.4, 0.5) is 14.9 Å². The number of rotatable bonds is 4. The molecule has 0 bridgehead atoms. The van der Waals surface area contributed by atoms with Crippen LogP contribution in [0.1, 0.15) is 52.5 Å². The molecule has 1 atom stereocenters. The number of hydrogen-bond donors (Lipinski definition) is 3. The Hall–Kier alpha value is -2.32. The second-order valence-corrected chi connectivity index (χ2v) is 10.3. The van der Waals surface area contributed by atoms with Crippen LogP contribution in [0.25, 0.3) is 0 Å². The van der Waals surface area contributed by atoms with E-state index in [1.165, 1.54) is 6.92 Å². The molecule has 10 heteroatoms. The molecule has 2 aliphatic rings. The van der Waals surface area contributed by atoms with E-state index in [9.17, 15) is 28.9 Å². The first kappa shape index (κ1) is 21.9. The minimum atomic E-state index is -2.31. The van der Waals surface area contributed by atoms with Crippen molar-refractivity contribution in [3.05, 3.63) is 44.6 Å². The highest BCUT2D eigenvalue weighted by Gasteiger charge is 2.29. The van der Waals surface area contributed by atoms with Crippen molar-refractivity contribution in [2.24, 2.45) is 4.36 Å². The topological polar surface area (TPSA) is 123 Å². The fourth-order valence-electron chi connectivity index (χ4n) is 4.30. The maximum absolute atomic E-state index is 14.2. The third kappa shape index (κ3) is 3.87. The predicted octanol–water partition coefficient (Wildman–Crippen LogP) is 3.67. The van der Waals surface area contributed by atoms with Gasteiger partial charge in [-0.05, 0) is 78.0 Å². The van der Waals surface area contributed by atoms with Gasteiger partial charge in [-0.2, -0.15) is 16.6 Å². The summed E-state index contributed by atoms with van der Waals surface area (Å²) < 4.78 is 30.1. The predicted molar refractivity (Wildman–Crippen MR) is 114 cm³/mol. The van der Waals surface area contributed by atoms with Crippen LogP contribution in [0, 0.1) is 17.1 Å². The molecule has 1 aromatic carbocycles. The van der Waals surface area contributed by atoms with E-state index in [1.54, 1.807) is 0 Å². The Kier molecular flexibility index (Phi) is 5.87. The number of aliphatic hydroxyl groups is 2. The number of nitriles is 1. The highest BCUT2D eigenvalue weighted by Crippen LogP contribution is 2.41. The molecule has 0 aliphatic heterocycles. The maximum atomic E-state index is 14.2. The van der Waals surface area contributed by atoms with Crippen molar-refractivity contribution in [3.8, 4) is 6.07 Å². The molecule has 2 aliphatic carbocycles. The third-order valence-corrected chi connectivity index (χ3v) is 8.48. The zero-order valence-corrected chi connectivity index (χ0v) is 18.5. The minimum absolute atomic E-state index is 0.0918. The van der Waals surface area contributed by atoms with Gasteiger partial charge < -0.3 is 24.1 Å². The standard InChI is InChI=1S/C21H21FN3O4S2/c1-21(28,10-26)17-8-16(22)19(30-17)31(29)25-20(27)24-18-13-6-2-4-11(13)15(9-23)12-5-3-7-14(12)18/h8,26,28H,2-7,10H2,1H3,(H,24,27)/q-1/t21-/m1/s1. The van der Waals surface area contributed by atoms with E-state index in [0.29, 0.717) is 17.0 Å². The molecule has 0 saturated heterocycles. The van der Waals surface area contributed by atoms with Gasteiger partial charge in [-0.3, -0.25) is 0 Å². The van der Waals surface area contributed by atoms with Crippen LogP contribution in [-0.4, -0.2) is 22.9 Å². The van der Waals surface area contributed by atoms with Crippen LogP contribution in [0.15, 0.2) is 14.6 Å². The minimum Gasteiger partial charge on any atom is -0.439 e. The average molecular weight is 463 g/mol. The van der Waals surface area contributed by atoms with Crippen LogP contribution < -0.4 is 5.32 Å². The molecule has 0 spiro atoms. The van der Waals surface area contributed by atoms with Gasteiger partial charge in [-0.25, -0.2) is 9.18 Å². The van der Waals surface area contributed by atoms with Crippen molar-refractivity contribution < 1.29 is 23.6 Å². The second-order valence-electron chi connectivity index (χ2n) is 7.93. The van der Waals surface area contributed by atoms with Gasteiger partial charge in [-0.1, -0.05) is 0 Å². The Morgan fingerprint density at radius 3 is 2.42 bits per heavy atom. The van der Waals surface area contributed by atoms with Gasteiger partial charge in [0, 0.05) is 10.6 Å². The van der Waals surface area contributed by atoms with Crippen molar-refractivity contribution in [1.29, 1.82) is 5.26 Å². The molecule has 1 heterocycles. The van der Waals surface area contributed by atoms with E-state index in [0.717, 1.165) is 72.4 Å². The number of aliphatic hydroxyl groups excluding tert-OH is 1. The van der Waals surface area contributed by atoms with Crippen LogP contribution in [0.3, 0.4) is 0 Å². The van der Waals surface area contributed by atoms with Crippen molar-refractivity contribution in [1.82, 2.24) is 0 Å². The van der Waals surface area contributed by atoms with Crippen molar-refractivity contribution in [3.63, 3.8) is 0 Å². The highest BCUT2D eigenvalue weighted by atomic mass is 32.2. The Bertz CT molecular complexity index is 1170. The molecule has 0 unspecified atom stereocenters. The molecule has 2 aromatic rings. The number of thiophene rings is 1. The van der Waals surface area contributed by atoms with Crippen LogP contribution in [-0.2, 0) is 46.1 Å². The lowest BCUT2D eigenvalue weighted by Crippen LogP contribution is -2.24. The van der Waals surface area contributed by atoms with E-state index in [4.69, 9.17) is 0 Å². The number of carbonyl (C=O) groups excluding carboxylic acids is 1. The van der Waals surface area contributed by atoms with Crippen molar-refractivity contribution >= 4 is 33.7 Å². The van der Waals surface area contributed by atoms with E-state index in [-0.39, 0.29) is 9.09 Å². The number of anilines is 1. The van der Waals surface area contributed by atoms with Gasteiger partial charge in [-0.15, -0.1) is 10.6 Å². The van der Waals surface area contributed by atoms with Gasteiger partial charge in [0.15, 0.2) is 0 Å². The fourth-order valence-corrected chi connectivity index (χ4v) is 6.28. The summed E-state index contributed by atoms with van der Waals surface area (Å²) in [5.74, 6) is -0.858. The summed E-state index contributed by atoms with van der Waals surface area (Å²) >= 11 is 0.698. The normalized spacial score (nSPS) is 17.6. The summed E-state index contributed by atoms with van der Waals surface area (Å²) in [6, 6.07) is 2.46. The van der Waals surface area contributed by atoms with Crippen LogP contribution in [0.2, 0.25) is 0 Å². The summed E-state index contributed by atoms with van der Waals surface area (Å²) in [6.45, 7) is 0.673. The lowest BCUT2D eigenvalue weighted by molar-refractivity contribution is 0.000654. The lowest BCUT2D eigenvalue weighted by atomic mass is 9.93. The number of hydrogen-bond acceptors (Lipinski definition) is 7. The Labute approximate surface area is 184 Å². The van der Waals surface area contributed by atoms with Gasteiger partial charge in [0.05, 0.1) is 18.2 Å². The fraction of sp³-hybridized carbons (Fsp3) is 0.429. The van der Waals surface area contributed by atoms with Gasteiger partial charge in [0.2, 0.25) is 0 Å². The van der Waals surface area contributed by atoms with E-state index in [1.807, 2.05) is 0 Å². The molecule has 1 aromatic heterocycles. The first-order valence-corrected chi connectivity index (χ1v) is 11.9. The number of urea groups is 1. The summed E-state index contributed by atoms with van der Waals surface area (Å²) in [4.78, 5) is 12.7. The zero-order valence-electron chi connectivity index (χ0n) is 16.8. The highest BCUT2D eigenvalue weighted by molar-refractivity contribution is 7.78. The molecular formula is C21H21FN3O4S2-. The largest absolute Gasteiger partial charge is 0.439 e. The number of fused-ring (bicyclic) bond motifs is 2. The lowest BCUT2D eigenvalue weighted by Gasteiger charge is -2.18. The first-order chi connectivity index (χ1) is 14.8. The van der Waals surface area contributed by atoms with Gasteiger partial charge >= 0.3 is 6.03 Å². The number of halogens is 1. The monoisotopic (exact) mass is 462 g/mol. The zero-order chi connectivity index (χ0) is 22.3. The summed E-state index contributed by atoms with van der Waals surface area (Å²) in [7, 11) is -2.31. The van der Waals surface area contributed by atoms with Crippen LogP contribution >= 0.6 is 11.3 Å². The molecule has 0 fully saturated rings. The quantitative estimate of drug-likeness (QED) is 0.598.